The van der Waals surface area contributed by atoms with Crippen LogP contribution in [-0.2, 0) is 4.79 Å². The molecule has 0 aliphatic carbocycles. The number of carbonyl (C=O) groups is 2. The van der Waals surface area contributed by atoms with Gasteiger partial charge in [0.25, 0.3) is 0 Å². The fourth-order valence-electron chi connectivity index (χ4n) is 2.03. The molecule has 3 aromatic rings. The summed E-state index contributed by atoms with van der Waals surface area (Å²) in [5.74, 6) is -2.02. The highest BCUT2D eigenvalue weighted by Crippen LogP contribution is 2.22. The number of rotatable bonds is 4. The molecule has 0 bridgehead atoms. The quantitative estimate of drug-likeness (QED) is 0.455. The van der Waals surface area contributed by atoms with Crippen LogP contribution in [0.15, 0.2) is 36.5 Å². The highest BCUT2D eigenvalue weighted by atomic mass is 19.4. The first-order chi connectivity index (χ1) is 13.1. The second kappa shape index (κ2) is 8.24. The number of amides is 1. The number of anilines is 3. The number of hydrogen-bond donors (Lipinski definition) is 5. The zero-order chi connectivity index (χ0) is 20.9. The monoisotopic (exact) mass is 396 g/mol. The van der Waals surface area contributed by atoms with Gasteiger partial charge in [0.2, 0.25) is 11.9 Å². The van der Waals surface area contributed by atoms with Crippen molar-refractivity contribution in [2.24, 2.45) is 5.73 Å². The van der Waals surface area contributed by atoms with Gasteiger partial charge in [0.1, 0.15) is 11.5 Å². The van der Waals surface area contributed by atoms with Crippen LogP contribution in [0.4, 0.5) is 30.6 Å². The van der Waals surface area contributed by atoms with E-state index in [-0.39, 0.29) is 0 Å². The molecule has 12 heteroatoms. The molecule has 0 saturated heterocycles. The molecule has 1 amide bonds. The molecule has 28 heavy (non-hydrogen) atoms. The number of aromatic amines is 1. The summed E-state index contributed by atoms with van der Waals surface area (Å²) in [6, 6.07) is 8.71. The average molecular weight is 396 g/mol. The van der Waals surface area contributed by atoms with E-state index in [1.807, 2.05) is 12.3 Å². The van der Waals surface area contributed by atoms with E-state index in [0.29, 0.717) is 11.5 Å². The highest BCUT2D eigenvalue weighted by molar-refractivity contribution is 5.93. The van der Waals surface area contributed by atoms with E-state index >= 15 is 0 Å². The normalized spacial score (nSPS) is 10.7. The first-order valence-electron chi connectivity index (χ1n) is 7.61. The van der Waals surface area contributed by atoms with E-state index < -0.39 is 18.1 Å². The Labute approximate surface area is 155 Å². The molecular formula is C16H15F3N6O3. The molecule has 3 rings (SSSR count). The largest absolute Gasteiger partial charge is 0.490 e. The molecule has 148 valence electrons. The number of carboxylic acid groups (broad SMARTS) is 1. The predicted octanol–water partition coefficient (Wildman–Crippen LogP) is 2.48. The molecule has 9 nitrogen and oxygen atoms in total. The van der Waals surface area contributed by atoms with Crippen molar-refractivity contribution in [3.05, 3.63) is 42.1 Å². The Kier molecular flexibility index (Phi) is 6.03. The first-order valence-corrected chi connectivity index (χ1v) is 7.61. The second-order valence-electron chi connectivity index (χ2n) is 5.26. The molecule has 2 aromatic heterocycles. The van der Waals surface area contributed by atoms with Gasteiger partial charge in [0.15, 0.2) is 0 Å². The summed E-state index contributed by atoms with van der Waals surface area (Å²) in [7, 11) is 1.81. The summed E-state index contributed by atoms with van der Waals surface area (Å²) in [6.07, 6.45) is -3.27. The van der Waals surface area contributed by atoms with Gasteiger partial charge >= 0.3 is 12.1 Å². The van der Waals surface area contributed by atoms with Gasteiger partial charge in [-0.1, -0.05) is 0 Å². The topological polar surface area (TPSA) is 146 Å². The van der Waals surface area contributed by atoms with E-state index in [1.54, 1.807) is 31.3 Å². The van der Waals surface area contributed by atoms with Crippen LogP contribution in [0.2, 0.25) is 0 Å². The van der Waals surface area contributed by atoms with E-state index in [4.69, 9.17) is 15.6 Å². The lowest BCUT2D eigenvalue weighted by Gasteiger charge is -2.08. The number of primary amides is 1. The lowest BCUT2D eigenvalue weighted by molar-refractivity contribution is -0.192. The van der Waals surface area contributed by atoms with Crippen molar-refractivity contribution in [2.45, 2.75) is 6.18 Å². The third-order valence-electron chi connectivity index (χ3n) is 3.32. The van der Waals surface area contributed by atoms with Crippen LogP contribution in [-0.4, -0.2) is 45.2 Å². The van der Waals surface area contributed by atoms with Crippen molar-refractivity contribution in [1.29, 1.82) is 0 Å². The third-order valence-corrected chi connectivity index (χ3v) is 3.32. The summed E-state index contributed by atoms with van der Waals surface area (Å²) in [5, 5.41) is 14.2. The molecule has 0 aliphatic heterocycles. The van der Waals surface area contributed by atoms with Crippen molar-refractivity contribution in [1.82, 2.24) is 15.0 Å². The minimum Gasteiger partial charge on any atom is -0.475 e. The summed E-state index contributed by atoms with van der Waals surface area (Å²) in [4.78, 5) is 31.8. The molecule has 2 heterocycles. The van der Waals surface area contributed by atoms with Gasteiger partial charge in [-0.3, -0.25) is 4.79 Å². The zero-order valence-electron chi connectivity index (χ0n) is 14.3. The van der Waals surface area contributed by atoms with E-state index in [2.05, 4.69) is 25.6 Å². The van der Waals surface area contributed by atoms with Gasteiger partial charge in [-0.05, 0) is 30.3 Å². The number of fused-ring (bicyclic) bond motifs is 1. The van der Waals surface area contributed by atoms with Gasteiger partial charge in [0, 0.05) is 24.5 Å². The van der Waals surface area contributed by atoms with Crippen LogP contribution in [0.25, 0.3) is 11.0 Å². The number of nitrogens with two attached hydrogens (primary N) is 1. The first kappa shape index (κ1) is 20.5. The lowest BCUT2D eigenvalue weighted by Crippen LogP contribution is -2.21. The Balaban J connectivity index is 0.000000345. The maximum Gasteiger partial charge on any atom is 0.490 e. The van der Waals surface area contributed by atoms with Crippen molar-refractivity contribution in [2.75, 3.05) is 17.7 Å². The fraction of sp³-hybridized carbons (Fsp3) is 0.125. The standard InChI is InChI=1S/C14H14N6O.C2HF3O2/c1-16-12-10-6-7-17-13(10)20-14(19-12)18-9-4-2-8(3-5-9)11(15)21;3-2(4,5)1(6)7/h2-7H,1H3,(H2,15,21)(H3,16,17,18,19,20);(H,6,7). The summed E-state index contributed by atoms with van der Waals surface area (Å²) >= 11 is 0. The summed E-state index contributed by atoms with van der Waals surface area (Å²) < 4.78 is 31.7. The molecule has 0 unspecified atom stereocenters. The molecule has 0 spiro atoms. The van der Waals surface area contributed by atoms with E-state index in [0.717, 1.165) is 22.5 Å². The third kappa shape index (κ3) is 5.09. The number of nitrogens with zero attached hydrogens (tertiary/aromatic N) is 2. The molecule has 0 fully saturated rings. The number of carboxylic acids is 1. The number of aliphatic carboxylic acids is 1. The van der Waals surface area contributed by atoms with Gasteiger partial charge < -0.3 is 26.5 Å². The average Bonchev–Trinajstić information content (AvgIpc) is 3.09. The molecule has 0 atom stereocenters. The highest BCUT2D eigenvalue weighted by Gasteiger charge is 2.38. The molecular weight excluding hydrogens is 381 g/mol. The number of benzene rings is 1. The Morgan fingerprint density at radius 3 is 2.25 bits per heavy atom. The van der Waals surface area contributed by atoms with Gasteiger partial charge in [0.05, 0.1) is 5.39 Å². The summed E-state index contributed by atoms with van der Waals surface area (Å²) in [5.41, 5.74) is 7.18. The molecule has 0 radical (unpaired) electrons. The minimum absolute atomic E-state index is 0.455. The Morgan fingerprint density at radius 2 is 1.75 bits per heavy atom. The van der Waals surface area contributed by atoms with Crippen molar-refractivity contribution < 1.29 is 27.9 Å². The number of halogens is 3. The van der Waals surface area contributed by atoms with Crippen LogP contribution in [0.1, 0.15) is 10.4 Å². The molecule has 6 N–H and O–H groups in total. The number of H-pyrrole nitrogens is 1. The van der Waals surface area contributed by atoms with E-state index in [9.17, 15) is 18.0 Å². The maximum atomic E-state index is 11.0. The molecule has 1 aromatic carbocycles. The van der Waals surface area contributed by atoms with Crippen molar-refractivity contribution >= 4 is 40.4 Å². The van der Waals surface area contributed by atoms with Gasteiger partial charge in [-0.25, -0.2) is 4.79 Å². The van der Waals surface area contributed by atoms with Crippen molar-refractivity contribution in [3.63, 3.8) is 0 Å². The van der Waals surface area contributed by atoms with Crippen LogP contribution in [0.3, 0.4) is 0 Å². The number of nitrogens with one attached hydrogen (secondary N) is 3. The number of hydrogen-bond acceptors (Lipinski definition) is 6. The predicted molar refractivity (Wildman–Crippen MR) is 95.4 cm³/mol. The maximum absolute atomic E-state index is 11.0. The van der Waals surface area contributed by atoms with Crippen LogP contribution in [0, 0.1) is 0 Å². The van der Waals surface area contributed by atoms with Gasteiger partial charge in [-0.2, -0.15) is 23.1 Å². The number of carbonyl (C=O) groups excluding carboxylic acids is 1. The molecule has 0 saturated carbocycles. The smallest absolute Gasteiger partial charge is 0.475 e. The second-order valence-corrected chi connectivity index (χ2v) is 5.26. The molecule has 0 aliphatic rings. The Morgan fingerprint density at radius 1 is 1.14 bits per heavy atom. The van der Waals surface area contributed by atoms with Crippen LogP contribution in [0.5, 0.6) is 0 Å². The number of alkyl halides is 3. The summed E-state index contributed by atoms with van der Waals surface area (Å²) in [6.45, 7) is 0. The lowest BCUT2D eigenvalue weighted by atomic mass is 10.2. The van der Waals surface area contributed by atoms with E-state index in [1.165, 1.54) is 0 Å². The van der Waals surface area contributed by atoms with Crippen molar-refractivity contribution in [3.8, 4) is 0 Å². The zero-order valence-corrected chi connectivity index (χ0v) is 14.3. The minimum atomic E-state index is -5.08. The Bertz CT molecular complexity index is 985. The fourth-order valence-corrected chi connectivity index (χ4v) is 2.03. The van der Waals surface area contributed by atoms with Crippen LogP contribution < -0.4 is 16.4 Å². The SMILES string of the molecule is CNc1nc(Nc2ccc(C(N)=O)cc2)nc2[nH]ccc12.O=C(O)C(F)(F)F. The Hall–Kier alpha value is -3.83. The van der Waals surface area contributed by atoms with Gasteiger partial charge in [-0.15, -0.1) is 0 Å². The van der Waals surface area contributed by atoms with Crippen LogP contribution >= 0.6 is 0 Å². The number of aromatic nitrogens is 3.